The first-order chi connectivity index (χ1) is 66.5. The van der Waals surface area contributed by atoms with E-state index in [1.54, 1.807) is 0 Å². The Bertz CT molecular complexity index is 7720. The summed E-state index contributed by atoms with van der Waals surface area (Å²) in [7, 11) is 0. The maximum Gasteiger partial charge on any atom is 0.164 e. The van der Waals surface area contributed by atoms with Crippen molar-refractivity contribution in [3.8, 4) is 124 Å². The topological polar surface area (TPSA) is 77.3 Å². The van der Waals surface area contributed by atoms with Crippen molar-refractivity contribution in [1.82, 2.24) is 29.9 Å². The van der Waals surface area contributed by atoms with Crippen LogP contribution in [0.4, 0.5) is 0 Å². The summed E-state index contributed by atoms with van der Waals surface area (Å²) in [6.07, 6.45) is 0. The van der Waals surface area contributed by atoms with Crippen LogP contribution in [0, 0.1) is 0 Å². The molecule has 24 rings (SSSR count). The Balaban J connectivity index is 0.000000151. The van der Waals surface area contributed by atoms with Crippen LogP contribution in [-0.2, 0) is 21.7 Å². The number of aromatic nitrogens is 6. The van der Waals surface area contributed by atoms with Crippen LogP contribution in [0.15, 0.2) is 534 Å². The number of hydrogen-bond donors (Lipinski definition) is 0. The molecule has 6 heteroatoms. The Morgan fingerprint density at radius 1 is 0.112 bits per heavy atom. The zero-order valence-corrected chi connectivity index (χ0v) is 73.5. The van der Waals surface area contributed by atoms with Crippen LogP contribution in [0.2, 0.25) is 0 Å². The van der Waals surface area contributed by atoms with E-state index in [-0.39, 0.29) is 0 Å². The predicted molar refractivity (Wildman–Crippen MR) is 548 cm³/mol. The van der Waals surface area contributed by atoms with Gasteiger partial charge in [-0.05, 0) is 157 Å². The molecule has 20 aromatic carbocycles. The molecule has 0 saturated carbocycles. The monoisotopic (exact) mass is 1710 g/mol. The molecule has 2 heterocycles. The highest BCUT2D eigenvalue weighted by Gasteiger charge is 2.63. The van der Waals surface area contributed by atoms with Crippen LogP contribution in [0.5, 0.6) is 0 Å². The van der Waals surface area contributed by atoms with E-state index in [2.05, 4.69) is 461 Å². The van der Waals surface area contributed by atoms with Crippen molar-refractivity contribution in [3.63, 3.8) is 0 Å². The second-order valence-corrected chi connectivity index (χ2v) is 34.4. The van der Waals surface area contributed by atoms with Gasteiger partial charge in [0.2, 0.25) is 0 Å². The zero-order valence-electron chi connectivity index (χ0n) is 73.5. The Hall–Kier alpha value is -17.3. The molecule has 0 fully saturated rings. The Kier molecular flexibility index (Phi) is 21.2. The van der Waals surface area contributed by atoms with E-state index < -0.39 is 21.7 Å². The highest BCUT2D eigenvalue weighted by molar-refractivity contribution is 6.05. The maximum absolute atomic E-state index is 5.17. The van der Waals surface area contributed by atoms with Gasteiger partial charge < -0.3 is 0 Å². The van der Waals surface area contributed by atoms with Crippen LogP contribution in [0.3, 0.4) is 0 Å². The van der Waals surface area contributed by atoms with Gasteiger partial charge in [-0.15, -0.1) is 0 Å². The number of rotatable bonds is 17. The molecule has 2 aromatic heterocycles. The minimum absolute atomic E-state index is 0.625. The van der Waals surface area contributed by atoms with E-state index in [0.717, 1.165) is 77.5 Å². The van der Waals surface area contributed by atoms with Crippen molar-refractivity contribution in [2.75, 3.05) is 0 Å². The molecule has 630 valence electrons. The van der Waals surface area contributed by atoms with E-state index in [1.165, 1.54) is 89.0 Å². The fourth-order valence-corrected chi connectivity index (χ4v) is 22.0. The quantitative estimate of drug-likeness (QED) is 0.0904. The van der Waals surface area contributed by atoms with Crippen molar-refractivity contribution >= 4 is 10.8 Å². The standard InChI is InChI=1S/C65H45N3.C63H43N3/c1-7-24-46(25-8-1)61-66-62(47-26-9-2-10-27-47)68-63(67-61)58-40-20-19-38-55(58)50-29-23-28-48(44-50)49-42-43-57-56-39-21-22-41-59(56)64(51-30-11-3-12-31-51,52-32-13-4-14-33-52)65(60(57)45-49,53-34-15-5-16-35-53)54-36-17-6-18-37-54;1-7-23-44(24-8-1)59-64-60(45-25-9-2-10-26-45)66-61(65-59)56-42-41-51(52-35-19-20-36-53(52)56)46-39-40-55-54-37-21-22-38-57(54)62(47-27-11-3-12-28-47,48-29-13-4-14-30-48)63(58(55)43-46,49-31-15-5-16-32-49)50-33-17-6-18-34-50/h1-45H;1-43H. The second kappa shape index (κ2) is 34.9. The van der Waals surface area contributed by atoms with Gasteiger partial charge in [-0.3, -0.25) is 0 Å². The molecule has 0 N–H and O–H groups in total. The third-order valence-electron chi connectivity index (χ3n) is 27.4. The van der Waals surface area contributed by atoms with Crippen LogP contribution >= 0.6 is 0 Å². The van der Waals surface area contributed by atoms with Gasteiger partial charge in [0, 0.05) is 33.4 Å². The van der Waals surface area contributed by atoms with E-state index in [9.17, 15) is 0 Å². The average Bonchev–Trinajstić information content (AvgIpc) is 0.661. The third kappa shape index (κ3) is 13.6. The summed E-state index contributed by atoms with van der Waals surface area (Å²) >= 11 is 0. The largest absolute Gasteiger partial charge is 0.208 e. The third-order valence-corrected chi connectivity index (χ3v) is 27.4. The lowest BCUT2D eigenvalue weighted by atomic mass is 9.43. The lowest BCUT2D eigenvalue weighted by Crippen LogP contribution is -2.54. The Labute approximate surface area is 781 Å². The van der Waals surface area contributed by atoms with E-state index in [4.69, 9.17) is 29.9 Å². The summed E-state index contributed by atoms with van der Waals surface area (Å²) in [5.41, 5.74) is 29.1. The van der Waals surface area contributed by atoms with Crippen molar-refractivity contribution in [2.45, 2.75) is 21.7 Å². The van der Waals surface area contributed by atoms with Crippen LogP contribution < -0.4 is 0 Å². The first kappa shape index (κ1) is 81.2. The molecule has 0 bridgehead atoms. The number of fused-ring (bicyclic) bond motifs is 7. The summed E-state index contributed by atoms with van der Waals surface area (Å²) in [5, 5.41) is 2.19. The molecule has 0 aliphatic heterocycles. The summed E-state index contributed by atoms with van der Waals surface area (Å²) in [6.45, 7) is 0. The normalized spacial score (nSPS) is 13.3. The summed E-state index contributed by atoms with van der Waals surface area (Å²) < 4.78 is 0. The molecule has 0 radical (unpaired) electrons. The summed E-state index contributed by atoms with van der Waals surface area (Å²) in [5.74, 6) is 3.81. The first-order valence-corrected chi connectivity index (χ1v) is 45.9. The first-order valence-electron chi connectivity index (χ1n) is 45.9. The minimum atomic E-state index is -0.750. The SMILES string of the molecule is c1ccc(-c2nc(-c3ccccc3)nc(-c3ccc(-c4ccc5c(c4)C(c4ccccc4)(c4ccccc4)C(c4ccccc4)(c4ccccc4)c4ccccc4-5)c4ccccc34)n2)cc1.c1ccc(-c2nc(-c3ccccc3)nc(-c3ccccc3-c3cccc(-c4ccc5c(c4)C(c4ccccc4)(c4ccccc4)C(c4ccccc4)(c4ccccc4)c4ccccc4-5)c3)n2)cc1. The van der Waals surface area contributed by atoms with Gasteiger partial charge >= 0.3 is 0 Å². The Morgan fingerprint density at radius 3 is 0.672 bits per heavy atom. The van der Waals surface area contributed by atoms with Gasteiger partial charge in [0.1, 0.15) is 0 Å². The van der Waals surface area contributed by atoms with Gasteiger partial charge in [-0.25, -0.2) is 29.9 Å². The molecular weight excluding hydrogens is 1620 g/mol. The molecular formula is C128H88N6. The lowest BCUT2D eigenvalue weighted by Gasteiger charge is -2.57. The Morgan fingerprint density at radius 2 is 0.321 bits per heavy atom. The van der Waals surface area contributed by atoms with Crippen LogP contribution in [-0.4, -0.2) is 29.9 Å². The highest BCUT2D eigenvalue weighted by Crippen LogP contribution is 2.68. The second-order valence-electron chi connectivity index (χ2n) is 34.4. The number of benzene rings is 20. The smallest absolute Gasteiger partial charge is 0.164 e. The van der Waals surface area contributed by atoms with Crippen molar-refractivity contribution in [2.24, 2.45) is 0 Å². The maximum atomic E-state index is 5.17. The average molecular weight is 1710 g/mol. The van der Waals surface area contributed by atoms with Gasteiger partial charge in [-0.1, -0.05) is 510 Å². The van der Waals surface area contributed by atoms with E-state index in [0.29, 0.717) is 34.9 Å². The van der Waals surface area contributed by atoms with Gasteiger partial charge in [0.05, 0.1) is 21.7 Å². The fraction of sp³-hybridized carbons (Fsp3) is 0.0312. The minimum Gasteiger partial charge on any atom is -0.208 e. The van der Waals surface area contributed by atoms with E-state index in [1.807, 2.05) is 72.8 Å². The molecule has 0 unspecified atom stereocenters. The van der Waals surface area contributed by atoms with E-state index >= 15 is 0 Å². The number of nitrogens with zero attached hydrogens (tertiary/aromatic N) is 6. The fourth-order valence-electron chi connectivity index (χ4n) is 22.0. The molecule has 22 aromatic rings. The molecule has 0 atom stereocenters. The molecule has 2 aliphatic rings. The zero-order chi connectivity index (χ0) is 89.3. The van der Waals surface area contributed by atoms with Gasteiger partial charge in [0.15, 0.2) is 34.9 Å². The molecule has 0 spiro atoms. The number of hydrogen-bond acceptors (Lipinski definition) is 6. The van der Waals surface area contributed by atoms with Crippen molar-refractivity contribution in [1.29, 1.82) is 0 Å². The predicted octanol–water partition coefficient (Wildman–Crippen LogP) is 30.6. The van der Waals surface area contributed by atoms with Gasteiger partial charge in [-0.2, -0.15) is 0 Å². The molecule has 0 amide bonds. The van der Waals surface area contributed by atoms with Gasteiger partial charge in [0.25, 0.3) is 0 Å². The van der Waals surface area contributed by atoms with Crippen molar-refractivity contribution < 1.29 is 0 Å². The molecule has 134 heavy (non-hydrogen) atoms. The van der Waals surface area contributed by atoms with Crippen molar-refractivity contribution in [3.05, 3.63) is 601 Å². The highest BCUT2D eigenvalue weighted by atomic mass is 15.0. The summed E-state index contributed by atoms with van der Waals surface area (Å²) in [6, 6.07) is 193. The molecule has 2 aliphatic carbocycles. The lowest BCUT2D eigenvalue weighted by molar-refractivity contribution is 0.415. The molecule has 6 nitrogen and oxygen atoms in total. The van der Waals surface area contributed by atoms with Crippen LogP contribution in [0.1, 0.15) is 66.8 Å². The molecule has 0 saturated heterocycles. The van der Waals surface area contributed by atoms with Crippen LogP contribution in [0.25, 0.3) is 135 Å². The summed E-state index contributed by atoms with van der Waals surface area (Å²) in [4.78, 5) is 30.6.